The van der Waals surface area contributed by atoms with Crippen molar-refractivity contribution in [1.29, 1.82) is 0 Å². The molecule has 0 spiro atoms. The van der Waals surface area contributed by atoms with E-state index < -0.39 is 0 Å². The van der Waals surface area contributed by atoms with Crippen LogP contribution in [0.2, 0.25) is 0 Å². The van der Waals surface area contributed by atoms with Crippen molar-refractivity contribution in [1.82, 2.24) is 29.8 Å². The van der Waals surface area contributed by atoms with Crippen LogP contribution in [0.3, 0.4) is 0 Å². The first kappa shape index (κ1) is 16.2. The number of fused-ring (bicyclic) bond motifs is 1. The molecule has 1 aromatic carbocycles. The summed E-state index contributed by atoms with van der Waals surface area (Å²) in [6, 6.07) is 7.70. The molecule has 130 valence electrons. The Labute approximate surface area is 149 Å². The monoisotopic (exact) mass is 356 g/mol. The summed E-state index contributed by atoms with van der Waals surface area (Å²) in [6.07, 6.45) is 0. The fourth-order valence-corrected chi connectivity index (χ4v) is 3.73. The van der Waals surface area contributed by atoms with E-state index in [9.17, 15) is 4.79 Å². The molecular formula is C17H20N6OS. The van der Waals surface area contributed by atoms with Crippen LogP contribution in [-0.2, 0) is 17.9 Å². The smallest absolute Gasteiger partial charge is 0.244 e. The van der Waals surface area contributed by atoms with Crippen molar-refractivity contribution in [3.05, 3.63) is 40.3 Å². The quantitative estimate of drug-likeness (QED) is 0.709. The number of hydrogen-bond donors (Lipinski definition) is 0. The molecule has 3 heterocycles. The third-order valence-electron chi connectivity index (χ3n) is 4.48. The van der Waals surface area contributed by atoms with Gasteiger partial charge >= 0.3 is 0 Å². The zero-order valence-electron chi connectivity index (χ0n) is 14.1. The van der Waals surface area contributed by atoms with Crippen LogP contribution in [-0.4, -0.2) is 61.9 Å². The molecule has 2 aromatic heterocycles. The SMILES string of the molecule is Cc1nc(CN2CCN(C(=O)Cn3nnc4ccccc43)CC2)cs1. The van der Waals surface area contributed by atoms with Crippen LogP contribution in [0.5, 0.6) is 0 Å². The molecule has 1 saturated heterocycles. The number of benzene rings is 1. The van der Waals surface area contributed by atoms with Crippen molar-refractivity contribution in [3.63, 3.8) is 0 Å². The standard InChI is InChI=1S/C17H20N6OS/c1-13-18-14(12-25-13)10-21-6-8-22(9-7-21)17(24)11-23-16-5-3-2-4-15(16)19-20-23/h2-5,12H,6-11H2,1H3. The van der Waals surface area contributed by atoms with Gasteiger partial charge in [0, 0.05) is 38.1 Å². The van der Waals surface area contributed by atoms with Crippen LogP contribution in [0.15, 0.2) is 29.6 Å². The number of thiazole rings is 1. The van der Waals surface area contributed by atoms with Gasteiger partial charge in [-0.1, -0.05) is 17.3 Å². The van der Waals surface area contributed by atoms with Crippen molar-refractivity contribution in [2.75, 3.05) is 26.2 Å². The first-order valence-corrected chi connectivity index (χ1v) is 9.26. The van der Waals surface area contributed by atoms with Crippen LogP contribution in [0.1, 0.15) is 10.7 Å². The fourth-order valence-electron chi connectivity index (χ4n) is 3.13. The maximum atomic E-state index is 12.6. The van der Waals surface area contributed by atoms with Crippen LogP contribution >= 0.6 is 11.3 Å². The summed E-state index contributed by atoms with van der Waals surface area (Å²) >= 11 is 1.68. The minimum Gasteiger partial charge on any atom is -0.339 e. The number of para-hydroxylation sites is 1. The molecular weight excluding hydrogens is 336 g/mol. The number of rotatable bonds is 4. The van der Waals surface area contributed by atoms with E-state index in [4.69, 9.17) is 0 Å². The fraction of sp³-hybridized carbons (Fsp3) is 0.412. The maximum absolute atomic E-state index is 12.6. The van der Waals surface area contributed by atoms with E-state index in [2.05, 4.69) is 25.6 Å². The Kier molecular flexibility index (Phi) is 4.46. The van der Waals surface area contributed by atoms with Gasteiger partial charge in [-0.05, 0) is 19.1 Å². The molecule has 25 heavy (non-hydrogen) atoms. The molecule has 0 atom stereocenters. The summed E-state index contributed by atoms with van der Waals surface area (Å²) in [5.74, 6) is 0.0970. The highest BCUT2D eigenvalue weighted by atomic mass is 32.1. The van der Waals surface area contributed by atoms with Gasteiger partial charge in [0.1, 0.15) is 12.1 Å². The van der Waals surface area contributed by atoms with Gasteiger partial charge in [0.05, 0.1) is 16.2 Å². The Morgan fingerprint density at radius 3 is 2.76 bits per heavy atom. The van der Waals surface area contributed by atoms with E-state index in [1.54, 1.807) is 16.0 Å². The highest BCUT2D eigenvalue weighted by molar-refractivity contribution is 7.09. The molecule has 0 aliphatic carbocycles. The third kappa shape index (κ3) is 3.54. The number of piperazine rings is 1. The first-order valence-electron chi connectivity index (χ1n) is 8.38. The Hall–Kier alpha value is -2.32. The Bertz CT molecular complexity index is 880. The van der Waals surface area contributed by atoms with Crippen molar-refractivity contribution in [2.24, 2.45) is 0 Å². The van der Waals surface area contributed by atoms with E-state index >= 15 is 0 Å². The number of carbonyl (C=O) groups is 1. The van der Waals surface area contributed by atoms with Gasteiger partial charge in [-0.15, -0.1) is 16.4 Å². The molecule has 0 radical (unpaired) electrons. The van der Waals surface area contributed by atoms with Crippen LogP contribution in [0.25, 0.3) is 11.0 Å². The molecule has 4 rings (SSSR count). The lowest BCUT2D eigenvalue weighted by atomic mass is 10.3. The largest absolute Gasteiger partial charge is 0.339 e. The summed E-state index contributed by atoms with van der Waals surface area (Å²) in [7, 11) is 0. The van der Waals surface area contributed by atoms with Crippen LogP contribution in [0, 0.1) is 6.92 Å². The second-order valence-corrected chi connectivity index (χ2v) is 7.31. The lowest BCUT2D eigenvalue weighted by molar-refractivity contribution is -0.133. The van der Waals surface area contributed by atoms with Gasteiger partial charge in [0.15, 0.2) is 0 Å². The topological polar surface area (TPSA) is 67.2 Å². The van der Waals surface area contributed by atoms with Crippen LogP contribution < -0.4 is 0 Å². The lowest BCUT2D eigenvalue weighted by Crippen LogP contribution is -2.49. The van der Waals surface area contributed by atoms with E-state index in [-0.39, 0.29) is 12.5 Å². The number of carbonyl (C=O) groups excluding carboxylic acids is 1. The predicted molar refractivity (Wildman–Crippen MR) is 96.2 cm³/mol. The number of aryl methyl sites for hydroxylation is 1. The van der Waals surface area contributed by atoms with Gasteiger partial charge in [-0.3, -0.25) is 9.69 Å². The Morgan fingerprint density at radius 2 is 2.00 bits per heavy atom. The number of aromatic nitrogens is 4. The molecule has 1 fully saturated rings. The van der Waals surface area contributed by atoms with Gasteiger partial charge in [0.25, 0.3) is 0 Å². The Morgan fingerprint density at radius 1 is 1.20 bits per heavy atom. The normalized spacial score (nSPS) is 15.8. The second-order valence-electron chi connectivity index (χ2n) is 6.25. The van der Waals surface area contributed by atoms with E-state index in [1.165, 1.54) is 0 Å². The second kappa shape index (κ2) is 6.89. The molecule has 3 aromatic rings. The summed E-state index contributed by atoms with van der Waals surface area (Å²) in [6.45, 7) is 6.37. The molecule has 0 saturated carbocycles. The highest BCUT2D eigenvalue weighted by Crippen LogP contribution is 2.13. The van der Waals surface area contributed by atoms with E-state index in [0.29, 0.717) is 0 Å². The average Bonchev–Trinajstić information content (AvgIpc) is 3.22. The molecule has 1 aliphatic rings. The number of nitrogens with zero attached hydrogens (tertiary/aromatic N) is 6. The summed E-state index contributed by atoms with van der Waals surface area (Å²) in [5.41, 5.74) is 2.84. The maximum Gasteiger partial charge on any atom is 0.244 e. The first-order chi connectivity index (χ1) is 12.2. The molecule has 1 aliphatic heterocycles. The third-order valence-corrected chi connectivity index (χ3v) is 5.30. The van der Waals surface area contributed by atoms with E-state index in [0.717, 1.165) is 54.5 Å². The lowest BCUT2D eigenvalue weighted by Gasteiger charge is -2.34. The minimum absolute atomic E-state index is 0.0970. The van der Waals surface area contributed by atoms with Crippen molar-refractivity contribution < 1.29 is 4.79 Å². The summed E-state index contributed by atoms with van der Waals surface area (Å²) in [5, 5.41) is 11.4. The molecule has 0 N–H and O–H groups in total. The van der Waals surface area contributed by atoms with Crippen molar-refractivity contribution in [2.45, 2.75) is 20.0 Å². The number of amides is 1. The minimum atomic E-state index is 0.0970. The zero-order chi connectivity index (χ0) is 17.2. The van der Waals surface area contributed by atoms with Gasteiger partial charge < -0.3 is 4.90 Å². The van der Waals surface area contributed by atoms with Crippen molar-refractivity contribution >= 4 is 28.3 Å². The molecule has 8 heteroatoms. The highest BCUT2D eigenvalue weighted by Gasteiger charge is 2.22. The van der Waals surface area contributed by atoms with Gasteiger partial charge in [-0.25, -0.2) is 9.67 Å². The summed E-state index contributed by atoms with van der Waals surface area (Å²) < 4.78 is 1.68. The van der Waals surface area contributed by atoms with Crippen LogP contribution in [0.4, 0.5) is 0 Å². The number of hydrogen-bond acceptors (Lipinski definition) is 6. The predicted octanol–water partition coefficient (Wildman–Crippen LogP) is 1.54. The molecule has 1 amide bonds. The van der Waals surface area contributed by atoms with E-state index in [1.807, 2.05) is 36.1 Å². The van der Waals surface area contributed by atoms with Gasteiger partial charge in [-0.2, -0.15) is 0 Å². The molecule has 7 nitrogen and oxygen atoms in total. The van der Waals surface area contributed by atoms with Crippen molar-refractivity contribution in [3.8, 4) is 0 Å². The Balaban J connectivity index is 1.33. The zero-order valence-corrected chi connectivity index (χ0v) is 14.9. The molecule has 0 unspecified atom stereocenters. The average molecular weight is 356 g/mol. The molecule has 0 bridgehead atoms. The summed E-state index contributed by atoms with van der Waals surface area (Å²) in [4.78, 5) is 21.4. The van der Waals surface area contributed by atoms with Gasteiger partial charge in [0.2, 0.25) is 5.91 Å².